The van der Waals surface area contributed by atoms with Crippen molar-refractivity contribution in [2.24, 2.45) is 0 Å². The molecule has 5 unspecified atom stereocenters. The topological polar surface area (TPSA) is 138 Å². The van der Waals surface area contributed by atoms with Crippen LogP contribution in [0.4, 0.5) is 5.69 Å². The van der Waals surface area contributed by atoms with Gasteiger partial charge in [0.2, 0.25) is 6.29 Å². The first-order valence-electron chi connectivity index (χ1n) is 8.42. The van der Waals surface area contributed by atoms with Crippen LogP contribution >= 0.6 is 0 Å². The van der Waals surface area contributed by atoms with E-state index in [0.717, 1.165) is 5.56 Å². The molecule has 0 aromatic heterocycles. The van der Waals surface area contributed by atoms with Gasteiger partial charge in [0, 0.05) is 13.6 Å². The van der Waals surface area contributed by atoms with Crippen LogP contribution in [0.5, 0.6) is 5.75 Å². The number of methoxy groups -OCH3 is 1. The van der Waals surface area contributed by atoms with Crippen LogP contribution in [0.25, 0.3) is 0 Å². The maximum Gasteiger partial charge on any atom is 0.335 e. The van der Waals surface area contributed by atoms with Gasteiger partial charge in [-0.2, -0.15) is 0 Å². The highest BCUT2D eigenvalue weighted by atomic mass is 16.7. The minimum atomic E-state index is -1.78. The first kappa shape index (κ1) is 17.9. The van der Waals surface area contributed by atoms with E-state index in [4.69, 9.17) is 20.7 Å². The Labute approximate surface area is 146 Å². The number of nitrogens with one attached hydrogen (secondary N) is 1. The molecule has 1 saturated heterocycles. The van der Waals surface area contributed by atoms with Gasteiger partial charge in [-0.1, -0.05) is 6.07 Å². The summed E-state index contributed by atoms with van der Waals surface area (Å²) in [6.07, 6.45) is -8.36. The van der Waals surface area contributed by atoms with E-state index in [9.17, 15) is 20.1 Å². The normalized spacial score (nSPS) is 29.8. The molecule has 0 saturated carbocycles. The molecule has 9 nitrogen and oxygen atoms in total. The quantitative estimate of drug-likeness (QED) is 0.438. The molecule has 0 bridgehead atoms. The third-order valence-corrected chi connectivity index (χ3v) is 3.74. The van der Waals surface area contributed by atoms with Crippen molar-refractivity contribution in [3.8, 4) is 5.75 Å². The fourth-order valence-electron chi connectivity index (χ4n) is 2.49. The van der Waals surface area contributed by atoms with Gasteiger partial charge in [-0.15, -0.1) is 0 Å². The van der Waals surface area contributed by atoms with Gasteiger partial charge < -0.3 is 40.0 Å². The fourth-order valence-corrected chi connectivity index (χ4v) is 2.49. The highest BCUT2D eigenvalue weighted by Crippen LogP contribution is 2.30. The smallest absolute Gasteiger partial charge is 0.335 e. The molecule has 0 amide bonds. The van der Waals surface area contributed by atoms with E-state index in [1.807, 2.05) is 6.92 Å². The van der Waals surface area contributed by atoms with Gasteiger partial charge in [0.25, 0.3) is 0 Å². The van der Waals surface area contributed by atoms with E-state index in [2.05, 4.69) is 5.32 Å². The van der Waals surface area contributed by atoms with E-state index >= 15 is 0 Å². The largest absolute Gasteiger partial charge is 0.479 e. The second-order valence-corrected chi connectivity index (χ2v) is 5.56. The monoisotopic (exact) mass is 358 g/mol. The van der Waals surface area contributed by atoms with Gasteiger partial charge in [0.05, 0.1) is 13.7 Å². The molecular weight excluding hydrogens is 334 g/mol. The number of carboxylic acids is 1. The van der Waals surface area contributed by atoms with Crippen LogP contribution in [-0.4, -0.2) is 70.7 Å². The summed E-state index contributed by atoms with van der Waals surface area (Å²) in [6, 6.07) is 4.98. The Morgan fingerprint density at radius 3 is 2.72 bits per heavy atom. The van der Waals surface area contributed by atoms with E-state index in [1.165, 1.54) is 0 Å². The van der Waals surface area contributed by atoms with Crippen molar-refractivity contribution in [2.75, 3.05) is 18.9 Å². The average Bonchev–Trinajstić information content (AvgIpc) is 2.61. The van der Waals surface area contributed by atoms with Gasteiger partial charge in [0.15, 0.2) is 6.10 Å². The van der Waals surface area contributed by atoms with Crippen LogP contribution in [0.15, 0.2) is 18.2 Å². The number of hydrogen-bond acceptors (Lipinski definition) is 8. The molecule has 5 atom stereocenters. The molecule has 1 aromatic carbocycles. The summed E-state index contributed by atoms with van der Waals surface area (Å²) >= 11 is 0. The molecule has 9 heteroatoms. The molecule has 1 aromatic rings. The van der Waals surface area contributed by atoms with Gasteiger partial charge in [-0.05, 0) is 24.6 Å². The molecule has 2 rings (SSSR count). The van der Waals surface area contributed by atoms with Crippen LogP contribution in [0.3, 0.4) is 0 Å². The number of aliphatic hydroxyl groups is 3. The second kappa shape index (κ2) is 8.45. The number of anilines is 1. The minimum absolute atomic E-state index is 0.173. The number of carboxylic acid groups (broad SMARTS) is 1. The Kier molecular flexibility index (Phi) is 6.05. The maximum absolute atomic E-state index is 11.2. The van der Waals surface area contributed by atoms with E-state index in [0.29, 0.717) is 12.2 Å². The van der Waals surface area contributed by atoms with Crippen molar-refractivity contribution in [2.45, 2.75) is 44.2 Å². The van der Waals surface area contributed by atoms with Crippen molar-refractivity contribution in [1.82, 2.24) is 0 Å². The third-order valence-electron chi connectivity index (χ3n) is 3.74. The van der Waals surface area contributed by atoms with Gasteiger partial charge in [0.1, 0.15) is 24.1 Å². The summed E-state index contributed by atoms with van der Waals surface area (Å²) in [7, 11) is -0.173. The zero-order valence-electron chi connectivity index (χ0n) is 14.7. The van der Waals surface area contributed by atoms with Crippen LogP contribution in [-0.2, 0) is 20.9 Å². The molecule has 1 fully saturated rings. The van der Waals surface area contributed by atoms with E-state index in [1.54, 1.807) is 18.2 Å². The predicted octanol–water partition coefficient (Wildman–Crippen LogP) is -0.464. The summed E-state index contributed by atoms with van der Waals surface area (Å²) in [5, 5.41) is 41.7. The number of aliphatic carboxylic acids is 1. The van der Waals surface area contributed by atoms with E-state index in [-0.39, 0.29) is 19.4 Å². The van der Waals surface area contributed by atoms with Crippen molar-refractivity contribution in [3.63, 3.8) is 0 Å². The van der Waals surface area contributed by atoms with Crippen LogP contribution in [0.1, 0.15) is 13.9 Å². The standard InChI is InChI=1S/C16H23NO8/c1-3-17-9-6-8(7-23-2)4-5-10(9)24-16-13(20)11(18)12(19)14(25-16)15(21)22/h4-6,11-14,16-20H,3,7H2,1-2H3,(H,21,22)/i2D. The Morgan fingerprint density at radius 2 is 2.08 bits per heavy atom. The SMILES string of the molecule is [2H]COCc1ccc(OC2OC(C(=O)O)C(O)C(O)C2O)c(NCC)c1. The zero-order valence-corrected chi connectivity index (χ0v) is 13.7. The summed E-state index contributed by atoms with van der Waals surface area (Å²) in [6.45, 7) is 2.66. The van der Waals surface area contributed by atoms with Crippen molar-refractivity contribution in [1.29, 1.82) is 0 Å². The lowest BCUT2D eigenvalue weighted by molar-refractivity contribution is -0.271. The van der Waals surface area contributed by atoms with Gasteiger partial charge in [-0.3, -0.25) is 0 Å². The molecule has 0 radical (unpaired) electrons. The van der Waals surface area contributed by atoms with Crippen LogP contribution in [0.2, 0.25) is 0 Å². The third kappa shape index (κ3) is 4.39. The molecule has 0 aliphatic carbocycles. The van der Waals surface area contributed by atoms with Crippen LogP contribution in [0, 0.1) is 0 Å². The molecule has 140 valence electrons. The average molecular weight is 358 g/mol. The maximum atomic E-state index is 11.2. The highest BCUT2D eigenvalue weighted by molar-refractivity contribution is 5.73. The summed E-state index contributed by atoms with van der Waals surface area (Å²) in [5.41, 5.74) is 1.33. The van der Waals surface area contributed by atoms with Gasteiger partial charge in [-0.25, -0.2) is 4.79 Å². The Hall–Kier alpha value is -1.91. The number of ether oxygens (including phenoxy) is 3. The Bertz CT molecular complexity index is 616. The predicted molar refractivity (Wildman–Crippen MR) is 86.3 cm³/mol. The summed E-state index contributed by atoms with van der Waals surface area (Å²) in [4.78, 5) is 11.2. The first-order valence-corrected chi connectivity index (χ1v) is 7.72. The fraction of sp³-hybridized carbons (Fsp3) is 0.562. The number of aliphatic hydroxyl groups excluding tert-OH is 3. The van der Waals surface area contributed by atoms with Crippen molar-refractivity contribution in [3.05, 3.63) is 23.8 Å². The van der Waals surface area contributed by atoms with Crippen molar-refractivity contribution < 1.29 is 40.8 Å². The lowest BCUT2D eigenvalue weighted by atomic mass is 9.99. The number of benzene rings is 1. The van der Waals surface area contributed by atoms with E-state index < -0.39 is 36.7 Å². The lowest BCUT2D eigenvalue weighted by Crippen LogP contribution is -2.61. The Balaban J connectivity index is 2.20. The molecule has 5 N–H and O–H groups in total. The molecule has 25 heavy (non-hydrogen) atoms. The number of rotatable bonds is 7. The lowest BCUT2D eigenvalue weighted by Gasteiger charge is -2.38. The first-order chi connectivity index (χ1) is 12.4. The zero-order chi connectivity index (χ0) is 19.3. The highest BCUT2D eigenvalue weighted by Gasteiger charge is 2.48. The van der Waals surface area contributed by atoms with Crippen LogP contribution < -0.4 is 10.1 Å². The molecule has 1 aliphatic heterocycles. The summed E-state index contributed by atoms with van der Waals surface area (Å²) < 4.78 is 22.7. The molecule has 0 spiro atoms. The molecule has 1 aliphatic rings. The number of carbonyl (C=O) groups is 1. The molecular formula is C16H23NO8. The Morgan fingerprint density at radius 1 is 1.32 bits per heavy atom. The van der Waals surface area contributed by atoms with Crippen molar-refractivity contribution >= 4 is 11.7 Å². The number of hydrogen-bond donors (Lipinski definition) is 5. The minimum Gasteiger partial charge on any atom is -0.479 e. The second-order valence-electron chi connectivity index (χ2n) is 5.56. The summed E-state index contributed by atoms with van der Waals surface area (Å²) in [5.74, 6) is -1.22. The molecule has 1 heterocycles. The van der Waals surface area contributed by atoms with Gasteiger partial charge >= 0.3 is 5.97 Å².